The highest BCUT2D eigenvalue weighted by Crippen LogP contribution is 2.30. The Kier molecular flexibility index (Phi) is 6.42. The number of ether oxygens (including phenoxy) is 2. The van der Waals surface area contributed by atoms with Gasteiger partial charge in [0.2, 0.25) is 0 Å². The van der Waals surface area contributed by atoms with E-state index in [1.807, 2.05) is 25.1 Å². The predicted molar refractivity (Wildman–Crippen MR) is 94.4 cm³/mol. The average Bonchev–Trinajstić information content (AvgIpc) is 2.60. The van der Waals surface area contributed by atoms with Crippen LogP contribution in [0.15, 0.2) is 47.5 Å². The monoisotopic (exact) mass is 331 g/mol. The fraction of sp³-hybridized carbons (Fsp3) is 0.278. The molecule has 5 nitrogen and oxygen atoms in total. The normalized spacial score (nSPS) is 11.1. The Bertz CT molecular complexity index is 704. The number of halogens is 1. The maximum Gasteiger partial charge on any atom is 0.195 e. The van der Waals surface area contributed by atoms with Gasteiger partial charge in [0.25, 0.3) is 0 Å². The topological polar surface area (TPSA) is 54.9 Å². The highest BCUT2D eigenvalue weighted by atomic mass is 19.1. The van der Waals surface area contributed by atoms with Crippen LogP contribution in [0.5, 0.6) is 11.5 Å². The number of nitrogens with zero attached hydrogens (tertiary/aromatic N) is 1. The van der Waals surface area contributed by atoms with Crippen LogP contribution in [-0.2, 0) is 6.54 Å². The van der Waals surface area contributed by atoms with E-state index in [-0.39, 0.29) is 5.82 Å². The first kappa shape index (κ1) is 17.6. The largest absolute Gasteiger partial charge is 0.493 e. The fourth-order valence-electron chi connectivity index (χ4n) is 2.16. The van der Waals surface area contributed by atoms with Gasteiger partial charge in [-0.05, 0) is 25.1 Å². The van der Waals surface area contributed by atoms with Crippen LogP contribution >= 0.6 is 0 Å². The van der Waals surface area contributed by atoms with Gasteiger partial charge < -0.3 is 20.1 Å². The molecule has 0 bridgehead atoms. The molecular formula is C18H22FN3O2. The van der Waals surface area contributed by atoms with Crippen molar-refractivity contribution < 1.29 is 13.9 Å². The molecule has 0 radical (unpaired) electrons. The molecule has 2 aromatic carbocycles. The summed E-state index contributed by atoms with van der Waals surface area (Å²) in [6.07, 6.45) is 0. The van der Waals surface area contributed by atoms with E-state index < -0.39 is 0 Å². The van der Waals surface area contributed by atoms with E-state index in [0.29, 0.717) is 36.2 Å². The summed E-state index contributed by atoms with van der Waals surface area (Å²) >= 11 is 0. The number of anilines is 1. The van der Waals surface area contributed by atoms with Gasteiger partial charge in [0.15, 0.2) is 17.5 Å². The van der Waals surface area contributed by atoms with E-state index in [1.165, 1.54) is 6.07 Å². The minimum absolute atomic E-state index is 0.247. The highest BCUT2D eigenvalue weighted by molar-refractivity contribution is 5.93. The molecule has 0 aliphatic rings. The molecule has 2 rings (SSSR count). The smallest absolute Gasteiger partial charge is 0.195 e. The number of guanidine groups is 1. The van der Waals surface area contributed by atoms with Gasteiger partial charge in [0.05, 0.1) is 13.7 Å². The molecule has 0 saturated heterocycles. The molecule has 24 heavy (non-hydrogen) atoms. The first-order chi connectivity index (χ1) is 11.7. The van der Waals surface area contributed by atoms with Crippen molar-refractivity contribution in [1.29, 1.82) is 0 Å². The first-order valence-electron chi connectivity index (χ1n) is 7.69. The van der Waals surface area contributed by atoms with E-state index in [1.54, 1.807) is 32.4 Å². The van der Waals surface area contributed by atoms with Crippen LogP contribution in [-0.4, -0.2) is 26.7 Å². The molecule has 6 heteroatoms. The Labute approximate surface area is 141 Å². The summed E-state index contributed by atoms with van der Waals surface area (Å²) in [6.45, 7) is 2.79. The Morgan fingerprint density at radius 1 is 1.17 bits per heavy atom. The third-order valence-corrected chi connectivity index (χ3v) is 3.35. The zero-order valence-corrected chi connectivity index (χ0v) is 14.1. The van der Waals surface area contributed by atoms with Gasteiger partial charge in [-0.1, -0.05) is 18.2 Å². The van der Waals surface area contributed by atoms with Crippen molar-refractivity contribution in [2.45, 2.75) is 13.5 Å². The van der Waals surface area contributed by atoms with Gasteiger partial charge in [0, 0.05) is 30.9 Å². The first-order valence-corrected chi connectivity index (χ1v) is 7.69. The van der Waals surface area contributed by atoms with Gasteiger partial charge in [-0.3, -0.25) is 4.99 Å². The fourth-order valence-corrected chi connectivity index (χ4v) is 2.16. The molecule has 0 aliphatic carbocycles. The predicted octanol–water partition coefficient (Wildman–Crippen LogP) is 3.42. The lowest BCUT2D eigenvalue weighted by Gasteiger charge is -2.15. The zero-order valence-electron chi connectivity index (χ0n) is 14.1. The molecule has 0 saturated carbocycles. The van der Waals surface area contributed by atoms with Gasteiger partial charge in [-0.15, -0.1) is 0 Å². The summed E-state index contributed by atoms with van der Waals surface area (Å²) in [5.74, 6) is 1.60. The van der Waals surface area contributed by atoms with Crippen LogP contribution < -0.4 is 20.1 Å². The second kappa shape index (κ2) is 8.76. The lowest BCUT2D eigenvalue weighted by Crippen LogP contribution is -2.30. The van der Waals surface area contributed by atoms with Gasteiger partial charge in [0.1, 0.15) is 5.82 Å². The minimum Gasteiger partial charge on any atom is -0.493 e. The summed E-state index contributed by atoms with van der Waals surface area (Å²) in [5, 5.41) is 6.23. The molecular weight excluding hydrogens is 309 g/mol. The molecule has 0 amide bonds. The molecule has 2 N–H and O–H groups in total. The van der Waals surface area contributed by atoms with Gasteiger partial charge in [-0.25, -0.2) is 4.39 Å². The van der Waals surface area contributed by atoms with Crippen molar-refractivity contribution in [3.8, 4) is 11.5 Å². The van der Waals surface area contributed by atoms with Crippen molar-refractivity contribution in [3.63, 3.8) is 0 Å². The summed E-state index contributed by atoms with van der Waals surface area (Å²) < 4.78 is 24.5. The van der Waals surface area contributed by atoms with Crippen molar-refractivity contribution in [3.05, 3.63) is 53.8 Å². The Morgan fingerprint density at radius 3 is 2.62 bits per heavy atom. The van der Waals surface area contributed by atoms with E-state index in [0.717, 1.165) is 5.69 Å². The molecule has 0 spiro atoms. The highest BCUT2D eigenvalue weighted by Gasteiger charge is 2.07. The molecule has 0 aliphatic heterocycles. The van der Waals surface area contributed by atoms with Crippen molar-refractivity contribution >= 4 is 11.6 Å². The number of aliphatic imine (C=N–C) groups is 1. The van der Waals surface area contributed by atoms with Crippen LogP contribution in [0.1, 0.15) is 12.5 Å². The summed E-state index contributed by atoms with van der Waals surface area (Å²) in [7, 11) is 3.25. The number of nitrogens with one attached hydrogen (secondary N) is 2. The van der Waals surface area contributed by atoms with Crippen molar-refractivity contribution in [1.82, 2.24) is 5.32 Å². The number of methoxy groups -OCH3 is 1. The third kappa shape index (κ3) is 4.62. The average molecular weight is 331 g/mol. The SMILES string of the molecule is CCOc1cc(NC(=NC)NCc2ccccc2F)ccc1OC. The van der Waals surface area contributed by atoms with Gasteiger partial charge in [-0.2, -0.15) is 0 Å². The Balaban J connectivity index is 2.05. The van der Waals surface area contributed by atoms with Gasteiger partial charge >= 0.3 is 0 Å². The molecule has 2 aromatic rings. The summed E-state index contributed by atoms with van der Waals surface area (Å²) in [4.78, 5) is 4.15. The molecule has 128 valence electrons. The van der Waals surface area contributed by atoms with E-state index in [9.17, 15) is 4.39 Å². The van der Waals surface area contributed by atoms with E-state index >= 15 is 0 Å². The third-order valence-electron chi connectivity index (χ3n) is 3.35. The second-order valence-corrected chi connectivity index (χ2v) is 4.94. The summed E-state index contributed by atoms with van der Waals surface area (Å²) in [5.41, 5.74) is 1.37. The lowest BCUT2D eigenvalue weighted by atomic mass is 10.2. The summed E-state index contributed by atoms with van der Waals surface area (Å²) in [6, 6.07) is 12.1. The van der Waals surface area contributed by atoms with Crippen molar-refractivity contribution in [2.24, 2.45) is 4.99 Å². The molecule has 0 fully saturated rings. The second-order valence-electron chi connectivity index (χ2n) is 4.94. The lowest BCUT2D eigenvalue weighted by molar-refractivity contribution is 0.311. The zero-order chi connectivity index (χ0) is 17.4. The number of hydrogen-bond acceptors (Lipinski definition) is 3. The van der Waals surface area contributed by atoms with Crippen LogP contribution in [0.4, 0.5) is 10.1 Å². The Hall–Kier alpha value is -2.76. The van der Waals surface area contributed by atoms with Crippen LogP contribution in [0.2, 0.25) is 0 Å². The maximum absolute atomic E-state index is 13.7. The number of hydrogen-bond donors (Lipinski definition) is 2. The van der Waals surface area contributed by atoms with Crippen LogP contribution in [0.25, 0.3) is 0 Å². The Morgan fingerprint density at radius 2 is 1.96 bits per heavy atom. The van der Waals surface area contributed by atoms with Crippen molar-refractivity contribution in [2.75, 3.05) is 26.1 Å². The van der Waals surface area contributed by atoms with Crippen LogP contribution in [0, 0.1) is 5.82 Å². The number of benzene rings is 2. The molecule has 0 atom stereocenters. The van der Waals surface area contributed by atoms with E-state index in [2.05, 4.69) is 15.6 Å². The van der Waals surface area contributed by atoms with E-state index in [4.69, 9.17) is 9.47 Å². The quantitative estimate of drug-likeness (QED) is 0.629. The maximum atomic E-state index is 13.7. The molecule has 0 aromatic heterocycles. The number of rotatable bonds is 6. The molecule has 0 unspecified atom stereocenters. The minimum atomic E-state index is -0.247. The molecule has 0 heterocycles. The van der Waals surface area contributed by atoms with Crippen LogP contribution in [0.3, 0.4) is 0 Å². The standard InChI is InChI=1S/C18H22FN3O2/c1-4-24-17-11-14(9-10-16(17)23-3)22-18(20-2)21-12-13-7-5-6-8-15(13)19/h5-11H,4,12H2,1-3H3,(H2,20,21,22).